The number of imidazole rings is 1. The van der Waals surface area contributed by atoms with Gasteiger partial charge in [-0.15, -0.1) is 0 Å². The van der Waals surface area contributed by atoms with Crippen LogP contribution >= 0.6 is 0 Å². The molecule has 0 aliphatic carbocycles. The van der Waals surface area contributed by atoms with Gasteiger partial charge in [-0.05, 0) is 30.5 Å². The molecule has 2 aliphatic rings. The number of nitrogens with zero attached hydrogens (tertiary/aromatic N) is 1. The van der Waals surface area contributed by atoms with E-state index < -0.39 is 0 Å². The van der Waals surface area contributed by atoms with Gasteiger partial charge in [0.2, 0.25) is 5.91 Å². The van der Waals surface area contributed by atoms with Crippen LogP contribution < -0.4 is 15.4 Å². The molecule has 0 unspecified atom stereocenters. The number of aromatic amines is 1. The zero-order valence-corrected chi connectivity index (χ0v) is 14.9. The molecule has 7 nitrogen and oxygen atoms in total. The Labute approximate surface area is 152 Å². The molecule has 4 rings (SSSR count). The SMILES string of the molecule is COc1cccc(CNC(=O)[C@@H]2Cc3[nH]cnc3C3(CCOCC3)N2)c1. The molecule has 3 heterocycles. The van der Waals surface area contributed by atoms with E-state index in [1.807, 2.05) is 24.3 Å². The fourth-order valence-corrected chi connectivity index (χ4v) is 3.90. The third-order valence-corrected chi connectivity index (χ3v) is 5.29. The monoisotopic (exact) mass is 356 g/mol. The number of H-pyrrole nitrogens is 1. The first-order valence-corrected chi connectivity index (χ1v) is 8.99. The minimum atomic E-state index is -0.286. The normalized spacial score (nSPS) is 21.2. The van der Waals surface area contributed by atoms with Crippen molar-refractivity contribution >= 4 is 5.91 Å². The van der Waals surface area contributed by atoms with E-state index in [0.29, 0.717) is 26.2 Å². The molecule has 2 aromatic rings. The van der Waals surface area contributed by atoms with E-state index in [1.165, 1.54) is 0 Å². The summed E-state index contributed by atoms with van der Waals surface area (Å²) in [5, 5.41) is 6.61. The standard InChI is InChI=1S/C19H24N4O3/c1-25-14-4-2-3-13(9-14)11-20-18(24)16-10-15-17(22-12-21-15)19(23-16)5-7-26-8-6-19/h2-4,9,12,16,23H,5-8,10-11H2,1H3,(H,20,24)(H,21,22)/t16-/m0/s1. The van der Waals surface area contributed by atoms with Crippen LogP contribution in [0.1, 0.15) is 29.8 Å². The van der Waals surface area contributed by atoms with Crippen LogP contribution in [-0.2, 0) is 28.0 Å². The van der Waals surface area contributed by atoms with Crippen molar-refractivity contribution in [2.45, 2.75) is 37.4 Å². The number of aromatic nitrogens is 2. The molecule has 1 aromatic carbocycles. The lowest BCUT2D eigenvalue weighted by Crippen LogP contribution is -2.59. The van der Waals surface area contributed by atoms with Crippen LogP contribution in [0, 0.1) is 0 Å². The molecule has 0 saturated carbocycles. The van der Waals surface area contributed by atoms with Crippen molar-refractivity contribution < 1.29 is 14.3 Å². The largest absolute Gasteiger partial charge is 0.497 e. The number of benzene rings is 1. The summed E-state index contributed by atoms with van der Waals surface area (Å²) in [4.78, 5) is 20.5. The second kappa shape index (κ2) is 7.09. The van der Waals surface area contributed by atoms with Gasteiger partial charge < -0.3 is 19.8 Å². The first-order chi connectivity index (χ1) is 12.7. The number of hydrogen-bond acceptors (Lipinski definition) is 5. The van der Waals surface area contributed by atoms with Gasteiger partial charge in [-0.25, -0.2) is 4.98 Å². The quantitative estimate of drug-likeness (QED) is 0.767. The van der Waals surface area contributed by atoms with Crippen LogP contribution in [-0.4, -0.2) is 42.2 Å². The van der Waals surface area contributed by atoms with Crippen molar-refractivity contribution in [1.29, 1.82) is 0 Å². The van der Waals surface area contributed by atoms with E-state index in [0.717, 1.165) is 35.5 Å². The molecule has 1 fully saturated rings. The van der Waals surface area contributed by atoms with Crippen molar-refractivity contribution in [2.24, 2.45) is 0 Å². The molecular weight excluding hydrogens is 332 g/mol. The van der Waals surface area contributed by atoms with Gasteiger partial charge in [0, 0.05) is 31.9 Å². The molecule has 7 heteroatoms. The average molecular weight is 356 g/mol. The van der Waals surface area contributed by atoms with Gasteiger partial charge in [-0.1, -0.05) is 12.1 Å². The minimum Gasteiger partial charge on any atom is -0.497 e. The van der Waals surface area contributed by atoms with Gasteiger partial charge in [0.15, 0.2) is 0 Å². The van der Waals surface area contributed by atoms with Gasteiger partial charge in [-0.3, -0.25) is 10.1 Å². The molecule has 1 amide bonds. The first kappa shape index (κ1) is 17.1. The Balaban J connectivity index is 1.46. The van der Waals surface area contributed by atoms with Gasteiger partial charge >= 0.3 is 0 Å². The molecule has 1 aromatic heterocycles. The van der Waals surface area contributed by atoms with Crippen molar-refractivity contribution in [1.82, 2.24) is 20.6 Å². The predicted molar refractivity (Wildman–Crippen MR) is 95.8 cm³/mol. The topological polar surface area (TPSA) is 88.3 Å². The summed E-state index contributed by atoms with van der Waals surface area (Å²) < 4.78 is 10.8. The van der Waals surface area contributed by atoms with Crippen molar-refractivity contribution in [2.75, 3.05) is 20.3 Å². The van der Waals surface area contributed by atoms with Crippen LogP contribution in [0.2, 0.25) is 0 Å². The third kappa shape index (κ3) is 3.20. The van der Waals surface area contributed by atoms with E-state index in [4.69, 9.17) is 9.47 Å². The molecule has 1 atom stereocenters. The maximum absolute atomic E-state index is 12.8. The first-order valence-electron chi connectivity index (χ1n) is 8.99. The van der Waals surface area contributed by atoms with Crippen LogP contribution in [0.4, 0.5) is 0 Å². The second-order valence-corrected chi connectivity index (χ2v) is 6.89. The Kier molecular flexibility index (Phi) is 4.65. The van der Waals surface area contributed by atoms with Gasteiger partial charge in [0.25, 0.3) is 0 Å². The fourth-order valence-electron chi connectivity index (χ4n) is 3.90. The highest BCUT2D eigenvalue weighted by molar-refractivity contribution is 5.82. The van der Waals surface area contributed by atoms with Crippen LogP contribution in [0.3, 0.4) is 0 Å². The van der Waals surface area contributed by atoms with Gasteiger partial charge in [0.1, 0.15) is 5.75 Å². The number of rotatable bonds is 4. The van der Waals surface area contributed by atoms with Crippen LogP contribution in [0.5, 0.6) is 5.75 Å². The molecular formula is C19H24N4O3. The van der Waals surface area contributed by atoms with E-state index in [9.17, 15) is 4.79 Å². The Morgan fingerprint density at radius 1 is 1.42 bits per heavy atom. The summed E-state index contributed by atoms with van der Waals surface area (Å²) in [6, 6.07) is 7.44. The van der Waals surface area contributed by atoms with E-state index in [-0.39, 0.29) is 17.5 Å². The number of amides is 1. The molecule has 1 spiro atoms. The van der Waals surface area contributed by atoms with E-state index >= 15 is 0 Å². The Bertz CT molecular complexity index is 783. The van der Waals surface area contributed by atoms with Crippen LogP contribution in [0.15, 0.2) is 30.6 Å². The molecule has 0 radical (unpaired) electrons. The minimum absolute atomic E-state index is 0.000985. The maximum Gasteiger partial charge on any atom is 0.237 e. The zero-order valence-electron chi connectivity index (χ0n) is 14.9. The van der Waals surface area contributed by atoms with Crippen LogP contribution in [0.25, 0.3) is 0 Å². The number of nitrogens with one attached hydrogen (secondary N) is 3. The van der Waals surface area contributed by atoms with E-state index in [1.54, 1.807) is 13.4 Å². The average Bonchev–Trinajstić information content (AvgIpc) is 3.17. The third-order valence-electron chi connectivity index (χ3n) is 5.29. The number of ether oxygens (including phenoxy) is 2. The highest BCUT2D eigenvalue weighted by atomic mass is 16.5. The highest BCUT2D eigenvalue weighted by Gasteiger charge is 2.44. The number of fused-ring (bicyclic) bond motifs is 2. The summed E-state index contributed by atoms with van der Waals surface area (Å²) in [5.74, 6) is 0.787. The lowest BCUT2D eigenvalue weighted by molar-refractivity contribution is -0.124. The van der Waals surface area contributed by atoms with Crippen molar-refractivity contribution in [3.63, 3.8) is 0 Å². The molecule has 2 aliphatic heterocycles. The number of methoxy groups -OCH3 is 1. The lowest BCUT2D eigenvalue weighted by atomic mass is 9.80. The highest BCUT2D eigenvalue weighted by Crippen LogP contribution is 2.36. The number of carbonyl (C=O) groups excluding carboxylic acids is 1. The molecule has 1 saturated heterocycles. The molecule has 3 N–H and O–H groups in total. The molecule has 26 heavy (non-hydrogen) atoms. The summed E-state index contributed by atoms with van der Waals surface area (Å²) in [7, 11) is 1.64. The van der Waals surface area contributed by atoms with Crippen molar-refractivity contribution in [3.05, 3.63) is 47.5 Å². The Hall–Kier alpha value is -2.38. The lowest BCUT2D eigenvalue weighted by Gasteiger charge is -2.43. The summed E-state index contributed by atoms with van der Waals surface area (Å²) >= 11 is 0. The number of carbonyl (C=O) groups is 1. The maximum atomic E-state index is 12.8. The van der Waals surface area contributed by atoms with Gasteiger partial charge in [0.05, 0.1) is 30.7 Å². The smallest absolute Gasteiger partial charge is 0.237 e. The Morgan fingerprint density at radius 2 is 2.27 bits per heavy atom. The molecule has 138 valence electrons. The molecule has 0 bridgehead atoms. The number of hydrogen-bond donors (Lipinski definition) is 3. The summed E-state index contributed by atoms with van der Waals surface area (Å²) in [6.45, 7) is 1.83. The second-order valence-electron chi connectivity index (χ2n) is 6.89. The van der Waals surface area contributed by atoms with E-state index in [2.05, 4.69) is 20.6 Å². The van der Waals surface area contributed by atoms with Crippen molar-refractivity contribution in [3.8, 4) is 5.75 Å². The van der Waals surface area contributed by atoms with Gasteiger partial charge in [-0.2, -0.15) is 0 Å². The fraction of sp³-hybridized carbons (Fsp3) is 0.474. The zero-order chi connectivity index (χ0) is 18.0. The summed E-state index contributed by atoms with van der Waals surface area (Å²) in [6.07, 6.45) is 3.98. The Morgan fingerprint density at radius 3 is 3.08 bits per heavy atom. The summed E-state index contributed by atoms with van der Waals surface area (Å²) in [5.41, 5.74) is 2.82. The predicted octanol–water partition coefficient (Wildman–Crippen LogP) is 1.25.